The lowest BCUT2D eigenvalue weighted by Crippen LogP contribution is -1.98. The third-order valence-corrected chi connectivity index (χ3v) is 4.75. The molecule has 0 aliphatic rings. The number of benzene rings is 3. The maximum Gasteiger partial charge on any atom is 0.134 e. The number of allylic oxidation sites excluding steroid dienone is 1. The van der Waals surface area contributed by atoms with Gasteiger partial charge in [0.25, 0.3) is 0 Å². The van der Waals surface area contributed by atoms with E-state index >= 15 is 0 Å². The van der Waals surface area contributed by atoms with Crippen molar-refractivity contribution in [1.82, 2.24) is 0 Å². The SMILES string of the molecule is COc1ccc(/C(C#N)=C/c2ccc(OCc3ccccc3F)c(Br)c2)cc1. The fourth-order valence-corrected chi connectivity index (χ4v) is 3.12. The van der Waals surface area contributed by atoms with Gasteiger partial charge in [-0.05, 0) is 75.6 Å². The van der Waals surface area contributed by atoms with E-state index in [4.69, 9.17) is 9.47 Å². The molecule has 140 valence electrons. The Morgan fingerprint density at radius 1 is 1.11 bits per heavy atom. The maximum absolute atomic E-state index is 13.7. The van der Waals surface area contributed by atoms with Gasteiger partial charge in [-0.3, -0.25) is 0 Å². The molecule has 0 aliphatic heterocycles. The topological polar surface area (TPSA) is 42.2 Å². The minimum Gasteiger partial charge on any atom is -0.497 e. The van der Waals surface area contributed by atoms with Crippen molar-refractivity contribution >= 4 is 27.6 Å². The summed E-state index contributed by atoms with van der Waals surface area (Å²) in [6.07, 6.45) is 1.80. The molecule has 0 atom stereocenters. The van der Waals surface area contributed by atoms with E-state index in [-0.39, 0.29) is 12.4 Å². The molecule has 0 saturated carbocycles. The summed E-state index contributed by atoms with van der Waals surface area (Å²) in [5, 5.41) is 9.51. The van der Waals surface area contributed by atoms with Gasteiger partial charge < -0.3 is 9.47 Å². The highest BCUT2D eigenvalue weighted by Crippen LogP contribution is 2.29. The summed E-state index contributed by atoms with van der Waals surface area (Å²) in [6.45, 7) is 0.135. The lowest BCUT2D eigenvalue weighted by Gasteiger charge is -2.10. The monoisotopic (exact) mass is 437 g/mol. The van der Waals surface area contributed by atoms with Crippen LogP contribution < -0.4 is 9.47 Å². The quantitative estimate of drug-likeness (QED) is 0.338. The summed E-state index contributed by atoms with van der Waals surface area (Å²) < 4.78 is 25.3. The lowest BCUT2D eigenvalue weighted by atomic mass is 10.0. The molecule has 0 unspecified atom stereocenters. The van der Waals surface area contributed by atoms with Gasteiger partial charge in [-0.25, -0.2) is 4.39 Å². The van der Waals surface area contributed by atoms with Gasteiger partial charge in [0.2, 0.25) is 0 Å². The van der Waals surface area contributed by atoms with Crippen molar-refractivity contribution in [3.63, 3.8) is 0 Å². The van der Waals surface area contributed by atoms with E-state index < -0.39 is 0 Å². The van der Waals surface area contributed by atoms with Crippen molar-refractivity contribution in [3.05, 3.63) is 93.7 Å². The Morgan fingerprint density at radius 3 is 2.50 bits per heavy atom. The third kappa shape index (κ3) is 4.79. The summed E-state index contributed by atoms with van der Waals surface area (Å²) in [6, 6.07) is 21.5. The predicted octanol–water partition coefficient (Wildman–Crippen LogP) is 6.24. The van der Waals surface area contributed by atoms with E-state index in [1.54, 1.807) is 37.5 Å². The number of hydrogen-bond donors (Lipinski definition) is 0. The molecular weight excluding hydrogens is 421 g/mol. The Bertz CT molecular complexity index is 1040. The molecule has 0 fully saturated rings. The van der Waals surface area contributed by atoms with E-state index in [0.717, 1.165) is 21.3 Å². The zero-order chi connectivity index (χ0) is 19.9. The van der Waals surface area contributed by atoms with E-state index in [1.807, 2.05) is 36.4 Å². The fourth-order valence-electron chi connectivity index (χ4n) is 2.61. The van der Waals surface area contributed by atoms with Crippen molar-refractivity contribution < 1.29 is 13.9 Å². The molecular formula is C23H17BrFNO2. The molecule has 0 aliphatic carbocycles. The van der Waals surface area contributed by atoms with Crippen LogP contribution in [0, 0.1) is 17.1 Å². The molecule has 3 aromatic rings. The zero-order valence-corrected chi connectivity index (χ0v) is 16.7. The number of nitrogens with zero attached hydrogens (tertiary/aromatic N) is 1. The van der Waals surface area contributed by atoms with E-state index in [2.05, 4.69) is 22.0 Å². The normalized spacial score (nSPS) is 11.0. The van der Waals surface area contributed by atoms with Gasteiger partial charge >= 0.3 is 0 Å². The number of rotatable bonds is 6. The Hall–Kier alpha value is -3.10. The largest absolute Gasteiger partial charge is 0.497 e. The number of nitriles is 1. The lowest BCUT2D eigenvalue weighted by molar-refractivity contribution is 0.298. The van der Waals surface area contributed by atoms with Crippen LogP contribution in [-0.4, -0.2) is 7.11 Å². The minimum absolute atomic E-state index is 0.135. The van der Waals surface area contributed by atoms with Crippen LogP contribution in [0.3, 0.4) is 0 Å². The van der Waals surface area contributed by atoms with Crippen LogP contribution in [0.15, 0.2) is 71.2 Å². The fraction of sp³-hybridized carbons (Fsp3) is 0.0870. The van der Waals surface area contributed by atoms with Gasteiger partial charge in [0.15, 0.2) is 0 Å². The van der Waals surface area contributed by atoms with Crippen molar-refractivity contribution in [3.8, 4) is 17.6 Å². The maximum atomic E-state index is 13.7. The molecule has 5 heteroatoms. The van der Waals surface area contributed by atoms with Crippen LogP contribution in [0.25, 0.3) is 11.6 Å². The number of halogens is 2. The van der Waals surface area contributed by atoms with Gasteiger partial charge in [-0.1, -0.05) is 24.3 Å². The van der Waals surface area contributed by atoms with Crippen LogP contribution in [0.1, 0.15) is 16.7 Å². The third-order valence-electron chi connectivity index (χ3n) is 4.13. The molecule has 0 saturated heterocycles. The van der Waals surface area contributed by atoms with Gasteiger partial charge in [0.05, 0.1) is 23.2 Å². The number of hydrogen-bond acceptors (Lipinski definition) is 3. The summed E-state index contributed by atoms with van der Waals surface area (Å²) in [7, 11) is 1.60. The Balaban J connectivity index is 1.77. The summed E-state index contributed by atoms with van der Waals surface area (Å²) in [4.78, 5) is 0. The first kappa shape index (κ1) is 19.7. The standard InChI is InChI=1S/C23H17BrFNO2/c1-27-20-9-7-17(8-10-20)19(14-26)12-16-6-11-23(21(24)13-16)28-15-18-4-2-3-5-22(18)25/h2-13H,15H2,1H3/b19-12+. The number of ether oxygens (including phenoxy) is 2. The number of methoxy groups -OCH3 is 1. The van der Waals surface area contributed by atoms with Gasteiger partial charge in [-0.2, -0.15) is 5.26 Å². The Morgan fingerprint density at radius 2 is 1.86 bits per heavy atom. The second-order valence-electron chi connectivity index (χ2n) is 5.97. The highest BCUT2D eigenvalue weighted by Gasteiger charge is 2.07. The second kappa shape index (κ2) is 9.20. The molecule has 0 amide bonds. The molecule has 28 heavy (non-hydrogen) atoms. The highest BCUT2D eigenvalue weighted by atomic mass is 79.9. The van der Waals surface area contributed by atoms with Crippen molar-refractivity contribution in [2.45, 2.75) is 6.61 Å². The molecule has 0 radical (unpaired) electrons. The average Bonchev–Trinajstić information content (AvgIpc) is 2.72. The van der Waals surface area contributed by atoms with Gasteiger partial charge in [-0.15, -0.1) is 0 Å². The summed E-state index contributed by atoms with van der Waals surface area (Å²) in [5.41, 5.74) is 2.68. The first-order chi connectivity index (χ1) is 13.6. The molecule has 0 spiro atoms. The molecule has 3 aromatic carbocycles. The van der Waals surface area contributed by atoms with Crippen LogP contribution in [0.5, 0.6) is 11.5 Å². The van der Waals surface area contributed by atoms with Crippen molar-refractivity contribution in [1.29, 1.82) is 5.26 Å². The minimum atomic E-state index is -0.295. The van der Waals surface area contributed by atoms with E-state index in [1.165, 1.54) is 6.07 Å². The zero-order valence-electron chi connectivity index (χ0n) is 15.2. The Labute approximate surface area is 171 Å². The first-order valence-electron chi connectivity index (χ1n) is 8.52. The van der Waals surface area contributed by atoms with E-state index in [0.29, 0.717) is 16.9 Å². The molecule has 0 heterocycles. The van der Waals surface area contributed by atoms with Crippen molar-refractivity contribution in [2.75, 3.05) is 7.11 Å². The van der Waals surface area contributed by atoms with E-state index in [9.17, 15) is 9.65 Å². The van der Waals surface area contributed by atoms with Crippen LogP contribution in [0.4, 0.5) is 4.39 Å². The molecule has 0 N–H and O–H groups in total. The van der Waals surface area contributed by atoms with Gasteiger partial charge in [0.1, 0.15) is 23.9 Å². The van der Waals surface area contributed by atoms with Crippen LogP contribution in [-0.2, 0) is 6.61 Å². The molecule has 0 bridgehead atoms. The Kier molecular flexibility index (Phi) is 6.46. The second-order valence-corrected chi connectivity index (χ2v) is 6.82. The van der Waals surface area contributed by atoms with Crippen LogP contribution in [0.2, 0.25) is 0 Å². The molecule has 3 rings (SSSR count). The first-order valence-corrected chi connectivity index (χ1v) is 9.32. The molecule has 0 aromatic heterocycles. The van der Waals surface area contributed by atoms with Crippen molar-refractivity contribution in [2.24, 2.45) is 0 Å². The predicted molar refractivity (Wildman–Crippen MR) is 111 cm³/mol. The summed E-state index contributed by atoms with van der Waals surface area (Å²) >= 11 is 3.48. The summed E-state index contributed by atoms with van der Waals surface area (Å²) in [5.74, 6) is 1.04. The average molecular weight is 438 g/mol. The molecule has 3 nitrogen and oxygen atoms in total. The smallest absolute Gasteiger partial charge is 0.134 e. The highest BCUT2D eigenvalue weighted by molar-refractivity contribution is 9.10. The van der Waals surface area contributed by atoms with Crippen LogP contribution >= 0.6 is 15.9 Å². The van der Waals surface area contributed by atoms with Gasteiger partial charge in [0, 0.05) is 5.56 Å².